The van der Waals surface area contributed by atoms with Crippen molar-refractivity contribution in [2.24, 2.45) is 0 Å². The summed E-state index contributed by atoms with van der Waals surface area (Å²) in [6.07, 6.45) is 1.36. The molecule has 0 aromatic carbocycles. The van der Waals surface area contributed by atoms with Crippen molar-refractivity contribution in [3.63, 3.8) is 0 Å². The van der Waals surface area contributed by atoms with Crippen LogP contribution in [0, 0.1) is 10.1 Å². The molecule has 1 rings (SSSR count). The van der Waals surface area contributed by atoms with Crippen molar-refractivity contribution in [3.05, 3.63) is 10.1 Å². The van der Waals surface area contributed by atoms with Gasteiger partial charge in [-0.05, 0) is 0 Å². The van der Waals surface area contributed by atoms with Crippen LogP contribution in [0.3, 0.4) is 0 Å². The van der Waals surface area contributed by atoms with Crippen molar-refractivity contribution in [3.8, 4) is 0 Å². The van der Waals surface area contributed by atoms with E-state index in [0.29, 0.717) is 12.8 Å². The highest BCUT2D eigenvalue weighted by Gasteiger charge is 2.53. The van der Waals surface area contributed by atoms with Gasteiger partial charge in [0.1, 0.15) is 0 Å². The van der Waals surface area contributed by atoms with Crippen molar-refractivity contribution in [1.29, 1.82) is 0 Å². The van der Waals surface area contributed by atoms with E-state index in [1.54, 1.807) is 0 Å². The van der Waals surface area contributed by atoms with E-state index in [2.05, 4.69) is 15.9 Å². The third-order valence-corrected chi connectivity index (χ3v) is 2.07. The lowest BCUT2D eigenvalue weighted by molar-refractivity contribution is -0.506. The van der Waals surface area contributed by atoms with E-state index < -0.39 is 4.45 Å². The highest BCUT2D eigenvalue weighted by molar-refractivity contribution is 9.10. The van der Waals surface area contributed by atoms with Gasteiger partial charge in [0.25, 0.3) is 4.45 Å². The lowest BCUT2D eigenvalue weighted by Gasteiger charge is -1.90. The Morgan fingerprint density at radius 2 is 2.14 bits per heavy atom. The summed E-state index contributed by atoms with van der Waals surface area (Å²) in [5.41, 5.74) is 0. The Labute approximate surface area is 49.0 Å². The number of hydrogen-bond acceptors (Lipinski definition) is 2. The van der Waals surface area contributed by atoms with E-state index in [9.17, 15) is 10.1 Å². The third kappa shape index (κ3) is 0.748. The second kappa shape index (κ2) is 1.18. The first kappa shape index (κ1) is 5.03. The van der Waals surface area contributed by atoms with Crippen LogP contribution in [0.15, 0.2) is 0 Å². The van der Waals surface area contributed by atoms with Crippen molar-refractivity contribution in [1.82, 2.24) is 0 Å². The van der Waals surface area contributed by atoms with Gasteiger partial charge < -0.3 is 0 Å². The van der Waals surface area contributed by atoms with E-state index in [1.165, 1.54) is 0 Å². The summed E-state index contributed by atoms with van der Waals surface area (Å²) < 4.78 is -0.715. The Morgan fingerprint density at radius 3 is 2.14 bits per heavy atom. The average molecular weight is 166 g/mol. The minimum Gasteiger partial charge on any atom is -0.263 e. The fraction of sp³-hybridized carbons (Fsp3) is 1.00. The smallest absolute Gasteiger partial charge is 0.263 e. The van der Waals surface area contributed by atoms with E-state index in [4.69, 9.17) is 0 Å². The standard InChI is InChI=1S/C3H4BrNO2/c4-3(1-2-3)5(6)7/h1-2H2. The molecule has 0 aromatic rings. The molecule has 0 aliphatic heterocycles. The molecule has 0 amide bonds. The van der Waals surface area contributed by atoms with E-state index in [0.717, 1.165) is 0 Å². The van der Waals surface area contributed by atoms with Gasteiger partial charge in [-0.1, -0.05) is 0 Å². The first-order valence-electron chi connectivity index (χ1n) is 1.98. The first-order valence-corrected chi connectivity index (χ1v) is 2.78. The van der Waals surface area contributed by atoms with Crippen LogP contribution in [0.1, 0.15) is 12.8 Å². The Morgan fingerprint density at radius 1 is 1.71 bits per heavy atom. The van der Waals surface area contributed by atoms with Crippen LogP contribution in [0.5, 0.6) is 0 Å². The van der Waals surface area contributed by atoms with Crippen LogP contribution in [0.2, 0.25) is 0 Å². The average Bonchev–Trinajstić information content (AvgIpc) is 2.21. The minimum absolute atomic E-state index is 0.285. The molecule has 1 fully saturated rings. The molecule has 0 aromatic heterocycles. The van der Waals surface area contributed by atoms with Gasteiger partial charge in [0, 0.05) is 33.7 Å². The third-order valence-electron chi connectivity index (χ3n) is 0.990. The van der Waals surface area contributed by atoms with Gasteiger partial charge in [-0.15, -0.1) is 0 Å². The fourth-order valence-corrected chi connectivity index (χ4v) is 0.484. The van der Waals surface area contributed by atoms with Crippen molar-refractivity contribution in [2.45, 2.75) is 17.3 Å². The molecule has 7 heavy (non-hydrogen) atoms. The maximum Gasteiger partial charge on any atom is 0.275 e. The van der Waals surface area contributed by atoms with E-state index >= 15 is 0 Å². The Bertz CT molecular complexity index is 110. The highest BCUT2D eigenvalue weighted by atomic mass is 79.9. The minimum atomic E-state index is -0.715. The van der Waals surface area contributed by atoms with Crippen molar-refractivity contribution < 1.29 is 4.92 Å². The van der Waals surface area contributed by atoms with Gasteiger partial charge in [-0.2, -0.15) is 0 Å². The number of rotatable bonds is 1. The van der Waals surface area contributed by atoms with Crippen molar-refractivity contribution >= 4 is 15.9 Å². The topological polar surface area (TPSA) is 43.1 Å². The molecule has 4 heteroatoms. The number of nitrogens with zero attached hydrogens (tertiary/aromatic N) is 1. The molecule has 0 spiro atoms. The fourth-order valence-electron chi connectivity index (χ4n) is 0.286. The largest absolute Gasteiger partial charge is 0.275 e. The molecule has 0 saturated heterocycles. The monoisotopic (exact) mass is 165 g/mol. The molecular weight excluding hydrogens is 162 g/mol. The molecule has 1 aliphatic carbocycles. The predicted molar refractivity (Wildman–Crippen MR) is 27.9 cm³/mol. The maximum atomic E-state index is 9.84. The van der Waals surface area contributed by atoms with Gasteiger partial charge in [-0.3, -0.25) is 10.1 Å². The van der Waals surface area contributed by atoms with E-state index in [1.807, 2.05) is 0 Å². The lowest BCUT2D eigenvalue weighted by atomic mass is 10.8. The Kier molecular flexibility index (Phi) is 0.849. The molecule has 3 nitrogen and oxygen atoms in total. The zero-order valence-corrected chi connectivity index (χ0v) is 5.14. The molecule has 0 unspecified atom stereocenters. The predicted octanol–water partition coefficient (Wildman–Crippen LogP) is 1.15. The SMILES string of the molecule is O=[N+]([O-])C1(Br)CC1. The molecule has 1 saturated carbocycles. The molecular formula is C3H4BrNO2. The quantitative estimate of drug-likeness (QED) is 0.253. The van der Waals surface area contributed by atoms with Crippen LogP contribution in [0.4, 0.5) is 0 Å². The highest BCUT2D eigenvalue weighted by Crippen LogP contribution is 2.44. The van der Waals surface area contributed by atoms with Crippen LogP contribution in [-0.2, 0) is 0 Å². The number of alkyl halides is 1. The summed E-state index contributed by atoms with van der Waals surface area (Å²) in [6.45, 7) is 0. The second-order valence-corrected chi connectivity index (χ2v) is 3.15. The normalized spacial score (nSPS) is 24.1. The van der Waals surface area contributed by atoms with Gasteiger partial charge >= 0.3 is 0 Å². The molecule has 0 heterocycles. The molecule has 40 valence electrons. The van der Waals surface area contributed by atoms with Gasteiger partial charge in [0.05, 0.1) is 0 Å². The van der Waals surface area contributed by atoms with Crippen LogP contribution >= 0.6 is 15.9 Å². The van der Waals surface area contributed by atoms with Crippen LogP contribution < -0.4 is 0 Å². The van der Waals surface area contributed by atoms with Gasteiger partial charge in [-0.25, -0.2) is 0 Å². The number of nitro groups is 1. The molecule has 1 aliphatic rings. The molecule has 0 radical (unpaired) electrons. The molecule has 0 bridgehead atoms. The van der Waals surface area contributed by atoms with Gasteiger partial charge in [0.15, 0.2) is 0 Å². The molecule has 0 N–H and O–H groups in total. The Balaban J connectivity index is 2.55. The van der Waals surface area contributed by atoms with Gasteiger partial charge in [0.2, 0.25) is 0 Å². The molecule has 0 atom stereocenters. The van der Waals surface area contributed by atoms with Crippen molar-refractivity contribution in [2.75, 3.05) is 0 Å². The van der Waals surface area contributed by atoms with E-state index in [-0.39, 0.29) is 4.92 Å². The number of halogens is 1. The number of hydrogen-bond donors (Lipinski definition) is 0. The first-order chi connectivity index (χ1) is 3.15. The summed E-state index contributed by atoms with van der Waals surface area (Å²) >= 11 is 2.95. The lowest BCUT2D eigenvalue weighted by Crippen LogP contribution is -2.10. The second-order valence-electron chi connectivity index (χ2n) is 1.68. The zero-order chi connectivity index (χ0) is 5.49. The summed E-state index contributed by atoms with van der Waals surface area (Å²) in [5, 5.41) is 9.84. The Hall–Kier alpha value is -0.120. The van der Waals surface area contributed by atoms with Crippen LogP contribution in [0.25, 0.3) is 0 Å². The van der Waals surface area contributed by atoms with Crippen LogP contribution in [-0.4, -0.2) is 9.37 Å². The zero-order valence-electron chi connectivity index (χ0n) is 3.56. The maximum absolute atomic E-state index is 9.84. The summed E-state index contributed by atoms with van der Waals surface area (Å²) in [6, 6.07) is 0. The summed E-state index contributed by atoms with van der Waals surface area (Å²) in [7, 11) is 0. The summed E-state index contributed by atoms with van der Waals surface area (Å²) in [4.78, 5) is 9.56. The summed E-state index contributed by atoms with van der Waals surface area (Å²) in [5.74, 6) is 0.